The summed E-state index contributed by atoms with van der Waals surface area (Å²) < 4.78 is 11.3. The maximum atomic E-state index is 11.3. The molecule has 0 saturated carbocycles. The predicted octanol–water partition coefficient (Wildman–Crippen LogP) is -1.50. The van der Waals surface area contributed by atoms with Gasteiger partial charge in [0.2, 0.25) is 6.04 Å². The molecule has 0 saturated heterocycles. The molecular weight excluding hydrogens is 266 g/mol. The number of carboxylic acids is 3. The van der Waals surface area contributed by atoms with Crippen molar-refractivity contribution in [2.75, 3.05) is 11.5 Å². The van der Waals surface area contributed by atoms with Crippen LogP contribution in [0.5, 0.6) is 0 Å². The highest BCUT2D eigenvalue weighted by Gasteiger charge is 2.33. The van der Waals surface area contributed by atoms with E-state index in [4.69, 9.17) is 15.3 Å². The first-order valence-electron chi connectivity index (χ1n) is 4.70. The van der Waals surface area contributed by atoms with E-state index in [0.29, 0.717) is 0 Å². The number of carbonyl (C=O) groups is 3. The van der Waals surface area contributed by atoms with Crippen molar-refractivity contribution in [3.8, 4) is 0 Å². The molecular formula is C9H13NO7S. The second-order valence-electron chi connectivity index (χ2n) is 3.23. The Hall–Kier alpha value is -1.58. The van der Waals surface area contributed by atoms with Gasteiger partial charge in [-0.3, -0.25) is 10.1 Å². The molecule has 0 spiro atoms. The topological polar surface area (TPSA) is 147 Å². The van der Waals surface area contributed by atoms with E-state index in [-0.39, 0.29) is 5.75 Å². The van der Waals surface area contributed by atoms with E-state index in [2.05, 4.69) is 6.58 Å². The van der Waals surface area contributed by atoms with Gasteiger partial charge in [-0.1, -0.05) is 6.58 Å². The SMILES string of the molecule is C=CC[S+]([O-])C[C@H](NC(C(=O)O)C(=O)O)C(=O)O. The quantitative estimate of drug-likeness (QED) is 0.226. The molecule has 0 aliphatic heterocycles. The molecule has 18 heavy (non-hydrogen) atoms. The van der Waals surface area contributed by atoms with Crippen LogP contribution in [0, 0.1) is 0 Å². The Morgan fingerprint density at radius 3 is 2.06 bits per heavy atom. The normalized spacial score (nSPS) is 13.9. The molecule has 0 rings (SSSR count). The number of hydrogen-bond acceptors (Lipinski definition) is 5. The van der Waals surface area contributed by atoms with Crippen LogP contribution in [0.15, 0.2) is 12.7 Å². The molecule has 9 heteroatoms. The van der Waals surface area contributed by atoms with Crippen molar-refractivity contribution in [1.82, 2.24) is 5.32 Å². The van der Waals surface area contributed by atoms with E-state index < -0.39 is 46.9 Å². The number of hydrogen-bond donors (Lipinski definition) is 4. The second kappa shape index (κ2) is 7.69. The average molecular weight is 279 g/mol. The van der Waals surface area contributed by atoms with Crippen LogP contribution >= 0.6 is 0 Å². The lowest BCUT2D eigenvalue weighted by atomic mass is 10.2. The third-order valence-corrected chi connectivity index (χ3v) is 3.13. The van der Waals surface area contributed by atoms with Crippen molar-refractivity contribution in [2.45, 2.75) is 12.1 Å². The summed E-state index contributed by atoms with van der Waals surface area (Å²) in [4.78, 5) is 32.0. The summed E-state index contributed by atoms with van der Waals surface area (Å²) in [5.41, 5.74) is 0. The lowest BCUT2D eigenvalue weighted by Crippen LogP contribution is -2.53. The zero-order chi connectivity index (χ0) is 14.3. The Kier molecular flexibility index (Phi) is 7.01. The molecule has 0 radical (unpaired) electrons. The van der Waals surface area contributed by atoms with E-state index in [1.165, 1.54) is 6.08 Å². The van der Waals surface area contributed by atoms with Gasteiger partial charge in [-0.25, -0.2) is 9.59 Å². The molecule has 0 amide bonds. The number of carboxylic acid groups (broad SMARTS) is 3. The third-order valence-electron chi connectivity index (χ3n) is 1.82. The summed E-state index contributed by atoms with van der Waals surface area (Å²) in [6.45, 7) is 3.32. The van der Waals surface area contributed by atoms with E-state index in [1.807, 2.05) is 5.32 Å². The molecule has 0 bridgehead atoms. The van der Waals surface area contributed by atoms with Crippen LogP contribution in [0.4, 0.5) is 0 Å². The first-order chi connectivity index (χ1) is 8.29. The lowest BCUT2D eigenvalue weighted by molar-refractivity contribution is -0.151. The molecule has 4 N–H and O–H groups in total. The van der Waals surface area contributed by atoms with Gasteiger partial charge in [0, 0.05) is 0 Å². The minimum absolute atomic E-state index is 0.0380. The standard InChI is InChI=1S/C9H13NO7S/c1-2-3-18(17)4-5(7(11)12)10-6(8(13)14)9(15)16/h2,5-6,10H,1,3-4H2,(H,11,12)(H,13,14)(H,15,16)/t5-,18?/m0/s1. The Balaban J connectivity index is 4.70. The summed E-state index contributed by atoms with van der Waals surface area (Å²) in [5.74, 6) is -5.28. The fourth-order valence-corrected chi connectivity index (χ4v) is 2.04. The van der Waals surface area contributed by atoms with Gasteiger partial charge in [-0.05, 0) is 17.3 Å². The first kappa shape index (κ1) is 16.4. The molecule has 1 unspecified atom stereocenters. The van der Waals surface area contributed by atoms with Crippen LogP contribution < -0.4 is 5.32 Å². The highest BCUT2D eigenvalue weighted by Crippen LogP contribution is 1.99. The smallest absolute Gasteiger partial charge is 0.332 e. The van der Waals surface area contributed by atoms with Crippen LogP contribution in [0.25, 0.3) is 0 Å². The van der Waals surface area contributed by atoms with Crippen LogP contribution in [-0.2, 0) is 25.6 Å². The summed E-state index contributed by atoms with van der Waals surface area (Å²) in [6, 6.07) is -3.59. The summed E-state index contributed by atoms with van der Waals surface area (Å²) in [5, 5.41) is 27.9. The minimum atomic E-state index is -2.06. The fourth-order valence-electron chi connectivity index (χ4n) is 1.03. The van der Waals surface area contributed by atoms with Crippen molar-refractivity contribution in [2.24, 2.45) is 0 Å². The van der Waals surface area contributed by atoms with Gasteiger partial charge in [-0.2, -0.15) is 0 Å². The molecule has 0 heterocycles. The molecule has 0 aromatic rings. The van der Waals surface area contributed by atoms with Gasteiger partial charge in [0.1, 0.15) is 11.5 Å². The predicted molar refractivity (Wildman–Crippen MR) is 61.7 cm³/mol. The molecule has 0 aliphatic rings. The highest BCUT2D eigenvalue weighted by atomic mass is 32.2. The zero-order valence-electron chi connectivity index (χ0n) is 9.24. The maximum absolute atomic E-state index is 11.3. The molecule has 0 fully saturated rings. The maximum Gasteiger partial charge on any atom is 0.332 e. The summed E-state index contributed by atoms with van der Waals surface area (Å²) in [7, 11) is 0. The fraction of sp³-hybridized carbons (Fsp3) is 0.444. The number of aliphatic carboxylic acids is 3. The molecule has 2 atom stereocenters. The van der Waals surface area contributed by atoms with Gasteiger partial charge >= 0.3 is 17.9 Å². The van der Waals surface area contributed by atoms with E-state index >= 15 is 0 Å². The van der Waals surface area contributed by atoms with Gasteiger partial charge in [0.05, 0.1) is 0 Å². The van der Waals surface area contributed by atoms with Crippen molar-refractivity contribution < 1.29 is 34.3 Å². The van der Waals surface area contributed by atoms with Crippen LogP contribution in [-0.4, -0.2) is 61.4 Å². The Morgan fingerprint density at radius 2 is 1.72 bits per heavy atom. The zero-order valence-corrected chi connectivity index (χ0v) is 10.1. The van der Waals surface area contributed by atoms with E-state index in [9.17, 15) is 18.9 Å². The van der Waals surface area contributed by atoms with Crippen molar-refractivity contribution >= 4 is 29.1 Å². The third kappa shape index (κ3) is 5.66. The van der Waals surface area contributed by atoms with Gasteiger partial charge < -0.3 is 19.9 Å². The lowest BCUT2D eigenvalue weighted by Gasteiger charge is -2.18. The van der Waals surface area contributed by atoms with Crippen LogP contribution in [0.3, 0.4) is 0 Å². The average Bonchev–Trinajstić information content (AvgIpc) is 2.22. The van der Waals surface area contributed by atoms with Crippen molar-refractivity contribution in [3.63, 3.8) is 0 Å². The van der Waals surface area contributed by atoms with Crippen LogP contribution in [0.1, 0.15) is 0 Å². The molecule has 0 aromatic carbocycles. The summed E-state index contributed by atoms with van der Waals surface area (Å²) in [6.07, 6.45) is 1.32. The van der Waals surface area contributed by atoms with Crippen molar-refractivity contribution in [1.29, 1.82) is 0 Å². The Morgan fingerprint density at radius 1 is 1.22 bits per heavy atom. The van der Waals surface area contributed by atoms with Gasteiger partial charge in [0.15, 0.2) is 6.04 Å². The Bertz CT molecular complexity index is 332. The summed E-state index contributed by atoms with van der Waals surface area (Å²) >= 11 is -1.56. The molecule has 8 nitrogen and oxygen atoms in total. The highest BCUT2D eigenvalue weighted by molar-refractivity contribution is 7.91. The first-order valence-corrected chi connectivity index (χ1v) is 6.18. The molecule has 0 aromatic heterocycles. The second-order valence-corrected chi connectivity index (χ2v) is 4.78. The van der Waals surface area contributed by atoms with Gasteiger partial charge in [0.25, 0.3) is 0 Å². The molecule has 102 valence electrons. The number of nitrogens with one attached hydrogen (secondary N) is 1. The number of rotatable bonds is 9. The monoisotopic (exact) mass is 279 g/mol. The van der Waals surface area contributed by atoms with Gasteiger partial charge in [-0.15, -0.1) is 0 Å². The largest absolute Gasteiger partial charge is 0.616 e. The molecule has 0 aliphatic carbocycles. The Labute approximate surface area is 105 Å². The van der Waals surface area contributed by atoms with E-state index in [1.54, 1.807) is 0 Å². The van der Waals surface area contributed by atoms with Crippen LogP contribution in [0.2, 0.25) is 0 Å². The van der Waals surface area contributed by atoms with E-state index in [0.717, 1.165) is 0 Å². The van der Waals surface area contributed by atoms with Crippen molar-refractivity contribution in [3.05, 3.63) is 12.7 Å². The minimum Gasteiger partial charge on any atom is -0.616 e.